The summed E-state index contributed by atoms with van der Waals surface area (Å²) < 4.78 is 0. The Morgan fingerprint density at radius 1 is 0.654 bits per heavy atom. The number of hydrogen-bond acceptors (Lipinski definition) is 4. The van der Waals surface area contributed by atoms with E-state index in [0.717, 1.165) is 16.7 Å². The van der Waals surface area contributed by atoms with E-state index in [1.54, 1.807) is 0 Å². The number of rotatable bonds is 4. The average molecular weight is 354 g/mol. The second-order valence-electron chi connectivity index (χ2n) is 6.23. The van der Waals surface area contributed by atoms with E-state index in [9.17, 15) is 0 Å². The summed E-state index contributed by atoms with van der Waals surface area (Å²) in [6.07, 6.45) is 9.25. The molecular formula is C21H18N4Si. The van der Waals surface area contributed by atoms with E-state index < -0.39 is 8.07 Å². The van der Waals surface area contributed by atoms with Gasteiger partial charge in [-0.05, 0) is 40.7 Å². The molecule has 0 saturated heterocycles. The SMILES string of the molecule is C[Si](c1ccncc1)(c1ccncc1)c1ccnc(-c2ccccc2)n1. The molecule has 4 nitrogen and oxygen atoms in total. The van der Waals surface area contributed by atoms with Gasteiger partial charge < -0.3 is 0 Å². The van der Waals surface area contributed by atoms with Gasteiger partial charge in [0.05, 0.1) is 0 Å². The highest BCUT2D eigenvalue weighted by atomic mass is 28.3. The molecule has 0 fully saturated rings. The van der Waals surface area contributed by atoms with E-state index in [2.05, 4.69) is 45.8 Å². The molecule has 3 heterocycles. The Labute approximate surface area is 153 Å². The van der Waals surface area contributed by atoms with E-state index in [4.69, 9.17) is 4.98 Å². The van der Waals surface area contributed by atoms with Gasteiger partial charge in [-0.2, -0.15) is 0 Å². The molecule has 4 rings (SSSR count). The molecule has 126 valence electrons. The minimum Gasteiger partial charge on any atom is -0.265 e. The number of pyridine rings is 2. The molecule has 0 aliphatic heterocycles. The van der Waals surface area contributed by atoms with Crippen molar-refractivity contribution < 1.29 is 0 Å². The van der Waals surface area contributed by atoms with Crippen LogP contribution < -0.4 is 15.7 Å². The van der Waals surface area contributed by atoms with Gasteiger partial charge in [0, 0.05) is 41.9 Å². The summed E-state index contributed by atoms with van der Waals surface area (Å²) in [7, 11) is -2.27. The first-order chi connectivity index (χ1) is 12.8. The minimum absolute atomic E-state index is 0.755. The molecule has 0 spiro atoms. The van der Waals surface area contributed by atoms with Crippen molar-refractivity contribution in [3.8, 4) is 11.4 Å². The Morgan fingerprint density at radius 3 is 1.81 bits per heavy atom. The Kier molecular flexibility index (Phi) is 4.37. The summed E-state index contributed by atoms with van der Waals surface area (Å²) in [6, 6.07) is 20.5. The van der Waals surface area contributed by atoms with Crippen molar-refractivity contribution in [2.24, 2.45) is 0 Å². The van der Waals surface area contributed by atoms with Crippen LogP contribution in [0.1, 0.15) is 0 Å². The lowest BCUT2D eigenvalue weighted by Gasteiger charge is -2.28. The van der Waals surface area contributed by atoms with Gasteiger partial charge in [-0.15, -0.1) is 0 Å². The summed E-state index contributed by atoms with van der Waals surface area (Å²) in [5.41, 5.74) is 1.02. The zero-order chi connectivity index (χ0) is 17.8. The van der Waals surface area contributed by atoms with Crippen LogP contribution >= 0.6 is 0 Å². The average Bonchev–Trinajstić information content (AvgIpc) is 2.75. The molecule has 0 radical (unpaired) electrons. The maximum Gasteiger partial charge on any atom is 0.168 e. The van der Waals surface area contributed by atoms with Crippen molar-refractivity contribution in [3.63, 3.8) is 0 Å². The van der Waals surface area contributed by atoms with Crippen molar-refractivity contribution in [3.05, 3.63) is 91.6 Å². The summed E-state index contributed by atoms with van der Waals surface area (Å²) in [4.78, 5) is 17.9. The van der Waals surface area contributed by atoms with Crippen LogP contribution in [0.2, 0.25) is 6.55 Å². The van der Waals surface area contributed by atoms with Crippen LogP contribution in [0.3, 0.4) is 0 Å². The third kappa shape index (κ3) is 2.93. The van der Waals surface area contributed by atoms with Gasteiger partial charge in [0.25, 0.3) is 0 Å². The molecule has 0 unspecified atom stereocenters. The normalized spacial score (nSPS) is 11.3. The predicted octanol–water partition coefficient (Wildman–Crippen LogP) is 2.03. The molecular weight excluding hydrogens is 336 g/mol. The topological polar surface area (TPSA) is 51.6 Å². The minimum atomic E-state index is -2.27. The number of nitrogens with zero attached hydrogens (tertiary/aromatic N) is 4. The molecule has 0 atom stereocenters. The van der Waals surface area contributed by atoms with Gasteiger partial charge in [-0.3, -0.25) is 9.97 Å². The fraction of sp³-hybridized carbons (Fsp3) is 0.0476. The fourth-order valence-corrected chi connectivity index (χ4v) is 6.49. The van der Waals surface area contributed by atoms with E-state index >= 15 is 0 Å². The lowest BCUT2D eigenvalue weighted by molar-refractivity contribution is 1.20. The molecule has 0 bridgehead atoms. The van der Waals surface area contributed by atoms with E-state index in [1.807, 2.05) is 67.4 Å². The smallest absolute Gasteiger partial charge is 0.168 e. The van der Waals surface area contributed by atoms with Crippen molar-refractivity contribution in [1.82, 2.24) is 19.9 Å². The van der Waals surface area contributed by atoms with Gasteiger partial charge >= 0.3 is 0 Å². The largest absolute Gasteiger partial charge is 0.265 e. The maximum absolute atomic E-state index is 4.98. The second kappa shape index (κ2) is 6.97. The quantitative estimate of drug-likeness (QED) is 0.526. The van der Waals surface area contributed by atoms with Gasteiger partial charge in [0.2, 0.25) is 0 Å². The summed E-state index contributed by atoms with van der Waals surface area (Å²) in [6.45, 7) is 2.31. The highest BCUT2D eigenvalue weighted by molar-refractivity contribution is 7.10. The predicted molar refractivity (Wildman–Crippen MR) is 106 cm³/mol. The summed E-state index contributed by atoms with van der Waals surface area (Å²) in [5, 5.41) is 3.59. The maximum atomic E-state index is 4.98. The van der Waals surface area contributed by atoms with Gasteiger partial charge in [-0.1, -0.05) is 36.9 Å². The van der Waals surface area contributed by atoms with Crippen molar-refractivity contribution in [2.45, 2.75) is 6.55 Å². The first-order valence-electron chi connectivity index (χ1n) is 8.48. The van der Waals surface area contributed by atoms with Crippen LogP contribution in [0.5, 0.6) is 0 Å². The van der Waals surface area contributed by atoms with E-state index in [0.29, 0.717) is 0 Å². The first kappa shape index (κ1) is 16.3. The molecule has 0 aliphatic carbocycles. The monoisotopic (exact) mass is 354 g/mol. The standard InChI is InChI=1S/C21H18N4Si/c1-26(18-7-12-22-13-8-18,19-9-14-23-15-10-19)20-11-16-24-21(25-20)17-5-3-2-4-6-17/h2-16H,1H3. The van der Waals surface area contributed by atoms with Crippen LogP contribution in [0.25, 0.3) is 11.4 Å². The highest BCUT2D eigenvalue weighted by Gasteiger charge is 2.36. The van der Waals surface area contributed by atoms with E-state index in [-0.39, 0.29) is 0 Å². The van der Waals surface area contributed by atoms with Crippen LogP contribution in [0.4, 0.5) is 0 Å². The molecule has 0 aliphatic rings. The molecule has 5 heteroatoms. The Balaban J connectivity index is 1.91. The third-order valence-corrected chi connectivity index (χ3v) is 8.99. The van der Waals surface area contributed by atoms with Crippen molar-refractivity contribution in [1.29, 1.82) is 0 Å². The zero-order valence-electron chi connectivity index (χ0n) is 14.4. The summed E-state index contributed by atoms with van der Waals surface area (Å²) >= 11 is 0. The van der Waals surface area contributed by atoms with E-state index in [1.165, 1.54) is 10.4 Å². The highest BCUT2D eigenvalue weighted by Crippen LogP contribution is 2.13. The molecule has 3 aromatic heterocycles. The second-order valence-corrected chi connectivity index (χ2v) is 10.1. The molecule has 1 aromatic carbocycles. The van der Waals surface area contributed by atoms with Crippen molar-refractivity contribution in [2.75, 3.05) is 0 Å². The Hall–Kier alpha value is -3.18. The van der Waals surface area contributed by atoms with Gasteiger partial charge in [0.15, 0.2) is 13.9 Å². The van der Waals surface area contributed by atoms with Crippen LogP contribution in [0.15, 0.2) is 91.6 Å². The van der Waals surface area contributed by atoms with Gasteiger partial charge in [0.1, 0.15) is 0 Å². The fourth-order valence-electron chi connectivity index (χ4n) is 3.20. The zero-order valence-corrected chi connectivity index (χ0v) is 15.4. The first-order valence-corrected chi connectivity index (χ1v) is 11.0. The Bertz CT molecular complexity index is 952. The van der Waals surface area contributed by atoms with Crippen LogP contribution in [0, 0.1) is 0 Å². The molecule has 0 amide bonds. The lowest BCUT2D eigenvalue weighted by atomic mass is 10.2. The lowest BCUT2D eigenvalue weighted by Crippen LogP contribution is -2.65. The molecule has 26 heavy (non-hydrogen) atoms. The third-order valence-electron chi connectivity index (χ3n) is 4.72. The molecule has 0 saturated carbocycles. The van der Waals surface area contributed by atoms with Gasteiger partial charge in [-0.25, -0.2) is 9.97 Å². The molecule has 4 aromatic rings. The molecule has 0 N–H and O–H groups in total. The number of aromatic nitrogens is 4. The van der Waals surface area contributed by atoms with Crippen LogP contribution in [-0.2, 0) is 0 Å². The Morgan fingerprint density at radius 2 is 1.23 bits per heavy atom. The van der Waals surface area contributed by atoms with Crippen molar-refractivity contribution >= 4 is 23.8 Å². The number of benzene rings is 1. The van der Waals surface area contributed by atoms with Crippen LogP contribution in [-0.4, -0.2) is 28.0 Å². The number of hydrogen-bond donors (Lipinski definition) is 0. The summed E-state index contributed by atoms with van der Waals surface area (Å²) in [5.74, 6) is 0.755.